The minimum atomic E-state index is -0.779. The second-order valence-corrected chi connectivity index (χ2v) is 3.35. The summed E-state index contributed by atoms with van der Waals surface area (Å²) in [6.07, 6.45) is 2.34. The number of hydrogen-bond donors (Lipinski definition) is 3. The van der Waals surface area contributed by atoms with Gasteiger partial charge in [-0.15, -0.1) is 0 Å². The Morgan fingerprint density at radius 1 is 1.67 bits per heavy atom. The summed E-state index contributed by atoms with van der Waals surface area (Å²) in [7, 11) is 0. The summed E-state index contributed by atoms with van der Waals surface area (Å²) < 4.78 is 0. The van der Waals surface area contributed by atoms with E-state index >= 15 is 0 Å². The van der Waals surface area contributed by atoms with Gasteiger partial charge < -0.3 is 16.2 Å². The molecule has 0 aliphatic heterocycles. The van der Waals surface area contributed by atoms with E-state index in [9.17, 15) is 4.79 Å². The SMILES string of the molecule is Cc1cc(NCCCC(=O)O)ncc1N. The number of anilines is 2. The molecule has 0 saturated carbocycles. The highest BCUT2D eigenvalue weighted by atomic mass is 16.4. The smallest absolute Gasteiger partial charge is 0.303 e. The molecule has 0 fully saturated rings. The van der Waals surface area contributed by atoms with E-state index in [0.29, 0.717) is 18.7 Å². The lowest BCUT2D eigenvalue weighted by atomic mass is 10.2. The van der Waals surface area contributed by atoms with E-state index in [1.165, 1.54) is 0 Å². The number of hydrogen-bond acceptors (Lipinski definition) is 4. The number of rotatable bonds is 5. The molecule has 5 heteroatoms. The lowest BCUT2D eigenvalue weighted by molar-refractivity contribution is -0.137. The fourth-order valence-electron chi connectivity index (χ4n) is 1.12. The molecule has 0 radical (unpaired) electrons. The van der Waals surface area contributed by atoms with E-state index in [1.54, 1.807) is 6.20 Å². The van der Waals surface area contributed by atoms with Crippen LogP contribution in [0.2, 0.25) is 0 Å². The Morgan fingerprint density at radius 2 is 2.40 bits per heavy atom. The van der Waals surface area contributed by atoms with Gasteiger partial charge in [0.2, 0.25) is 0 Å². The molecule has 0 aliphatic rings. The van der Waals surface area contributed by atoms with Crippen LogP contribution in [0, 0.1) is 6.92 Å². The Morgan fingerprint density at radius 3 is 3.00 bits per heavy atom. The van der Waals surface area contributed by atoms with Crippen molar-refractivity contribution in [2.24, 2.45) is 0 Å². The molecule has 0 aromatic carbocycles. The third kappa shape index (κ3) is 3.84. The van der Waals surface area contributed by atoms with E-state index in [-0.39, 0.29) is 6.42 Å². The van der Waals surface area contributed by atoms with Crippen LogP contribution in [-0.2, 0) is 4.79 Å². The zero-order valence-electron chi connectivity index (χ0n) is 8.66. The predicted octanol–water partition coefficient (Wildman–Crippen LogP) is 1.25. The van der Waals surface area contributed by atoms with E-state index in [0.717, 1.165) is 11.4 Å². The second-order valence-electron chi connectivity index (χ2n) is 3.35. The van der Waals surface area contributed by atoms with Crippen LogP contribution in [0.4, 0.5) is 11.5 Å². The molecule has 0 aliphatic carbocycles. The van der Waals surface area contributed by atoms with Crippen LogP contribution < -0.4 is 11.1 Å². The maximum absolute atomic E-state index is 10.2. The molecule has 1 heterocycles. The average Bonchev–Trinajstić information content (AvgIpc) is 2.18. The van der Waals surface area contributed by atoms with Gasteiger partial charge in [0.25, 0.3) is 0 Å². The molecule has 5 nitrogen and oxygen atoms in total. The molecule has 0 saturated heterocycles. The molecule has 82 valence electrons. The summed E-state index contributed by atoms with van der Waals surface area (Å²) in [5.41, 5.74) is 7.24. The summed E-state index contributed by atoms with van der Waals surface area (Å²) in [5, 5.41) is 11.5. The summed E-state index contributed by atoms with van der Waals surface area (Å²) >= 11 is 0. The number of nitrogen functional groups attached to an aromatic ring is 1. The number of aromatic nitrogens is 1. The molecule has 0 bridgehead atoms. The van der Waals surface area contributed by atoms with E-state index in [2.05, 4.69) is 10.3 Å². The van der Waals surface area contributed by atoms with Crippen LogP contribution in [0.25, 0.3) is 0 Å². The number of aliphatic carboxylic acids is 1. The molecule has 4 N–H and O–H groups in total. The van der Waals surface area contributed by atoms with Gasteiger partial charge in [-0.1, -0.05) is 0 Å². The highest BCUT2D eigenvalue weighted by Gasteiger charge is 1.99. The summed E-state index contributed by atoms with van der Waals surface area (Å²) in [5.74, 6) is -0.0506. The minimum absolute atomic E-state index is 0.168. The first-order valence-electron chi connectivity index (χ1n) is 4.77. The van der Waals surface area contributed by atoms with E-state index in [1.807, 2.05) is 13.0 Å². The van der Waals surface area contributed by atoms with Gasteiger partial charge in [-0.3, -0.25) is 4.79 Å². The average molecular weight is 209 g/mol. The number of carboxylic acids is 1. The topological polar surface area (TPSA) is 88.2 Å². The van der Waals surface area contributed by atoms with Crippen molar-refractivity contribution in [3.8, 4) is 0 Å². The zero-order valence-corrected chi connectivity index (χ0v) is 8.66. The van der Waals surface area contributed by atoms with Crippen molar-refractivity contribution in [3.05, 3.63) is 17.8 Å². The Balaban J connectivity index is 2.38. The first-order chi connectivity index (χ1) is 7.09. The summed E-state index contributed by atoms with van der Waals surface area (Å²) in [4.78, 5) is 14.3. The molecule has 1 rings (SSSR count). The zero-order chi connectivity index (χ0) is 11.3. The summed E-state index contributed by atoms with van der Waals surface area (Å²) in [6, 6.07) is 1.84. The van der Waals surface area contributed by atoms with Gasteiger partial charge in [0.15, 0.2) is 0 Å². The lowest BCUT2D eigenvalue weighted by Gasteiger charge is -2.06. The van der Waals surface area contributed by atoms with Gasteiger partial charge in [-0.2, -0.15) is 0 Å². The number of nitrogens with one attached hydrogen (secondary N) is 1. The van der Waals surface area contributed by atoms with Gasteiger partial charge in [0.05, 0.1) is 11.9 Å². The molecule has 0 amide bonds. The normalized spacial score (nSPS) is 9.93. The van der Waals surface area contributed by atoms with Gasteiger partial charge in [0, 0.05) is 13.0 Å². The number of pyridine rings is 1. The minimum Gasteiger partial charge on any atom is -0.481 e. The molecule has 0 spiro atoms. The van der Waals surface area contributed by atoms with Crippen molar-refractivity contribution >= 4 is 17.5 Å². The van der Waals surface area contributed by atoms with Crippen LogP contribution in [-0.4, -0.2) is 22.6 Å². The van der Waals surface area contributed by atoms with Crippen LogP contribution in [0.15, 0.2) is 12.3 Å². The number of aryl methyl sites for hydroxylation is 1. The van der Waals surface area contributed by atoms with Gasteiger partial charge in [0.1, 0.15) is 5.82 Å². The highest BCUT2D eigenvalue weighted by Crippen LogP contribution is 2.12. The van der Waals surface area contributed by atoms with Crippen molar-refractivity contribution in [2.75, 3.05) is 17.6 Å². The van der Waals surface area contributed by atoms with Crippen molar-refractivity contribution in [1.82, 2.24) is 4.98 Å². The molecule has 1 aromatic rings. The highest BCUT2D eigenvalue weighted by molar-refractivity contribution is 5.66. The van der Waals surface area contributed by atoms with Crippen molar-refractivity contribution < 1.29 is 9.90 Å². The van der Waals surface area contributed by atoms with Crippen LogP contribution in [0.5, 0.6) is 0 Å². The van der Waals surface area contributed by atoms with E-state index in [4.69, 9.17) is 10.8 Å². The fraction of sp³-hybridized carbons (Fsp3) is 0.400. The third-order valence-corrected chi connectivity index (χ3v) is 2.02. The monoisotopic (exact) mass is 209 g/mol. The number of nitrogens with zero attached hydrogens (tertiary/aromatic N) is 1. The van der Waals surface area contributed by atoms with Crippen molar-refractivity contribution in [1.29, 1.82) is 0 Å². The first kappa shape index (κ1) is 11.3. The third-order valence-electron chi connectivity index (χ3n) is 2.02. The quantitative estimate of drug-likeness (QED) is 0.635. The molecule has 1 aromatic heterocycles. The Bertz CT molecular complexity index is 353. The molecular weight excluding hydrogens is 194 g/mol. The summed E-state index contributed by atoms with van der Waals surface area (Å²) in [6.45, 7) is 2.50. The van der Waals surface area contributed by atoms with Crippen molar-refractivity contribution in [2.45, 2.75) is 19.8 Å². The van der Waals surface area contributed by atoms with E-state index < -0.39 is 5.97 Å². The number of carboxylic acid groups (broad SMARTS) is 1. The van der Waals surface area contributed by atoms with Gasteiger partial charge in [-0.25, -0.2) is 4.98 Å². The Hall–Kier alpha value is -1.78. The molecular formula is C10H15N3O2. The largest absolute Gasteiger partial charge is 0.481 e. The number of nitrogens with two attached hydrogens (primary N) is 1. The predicted molar refractivity (Wildman–Crippen MR) is 58.7 cm³/mol. The standard InChI is InChI=1S/C10H15N3O2/c1-7-5-9(13-6-8(7)11)12-4-2-3-10(14)15/h5-6H,2-4,11H2,1H3,(H,12,13)(H,14,15). The van der Waals surface area contributed by atoms with Gasteiger partial charge in [-0.05, 0) is 25.0 Å². The second kappa shape index (κ2) is 5.19. The number of carbonyl (C=O) groups is 1. The Labute approximate surface area is 88.3 Å². The van der Waals surface area contributed by atoms with Crippen LogP contribution in [0.3, 0.4) is 0 Å². The fourth-order valence-corrected chi connectivity index (χ4v) is 1.12. The maximum Gasteiger partial charge on any atom is 0.303 e. The van der Waals surface area contributed by atoms with Crippen LogP contribution >= 0.6 is 0 Å². The first-order valence-corrected chi connectivity index (χ1v) is 4.77. The molecule has 15 heavy (non-hydrogen) atoms. The van der Waals surface area contributed by atoms with Crippen LogP contribution in [0.1, 0.15) is 18.4 Å². The van der Waals surface area contributed by atoms with Gasteiger partial charge >= 0.3 is 5.97 Å². The molecule has 0 unspecified atom stereocenters. The Kier molecular flexibility index (Phi) is 3.91. The van der Waals surface area contributed by atoms with Crippen molar-refractivity contribution in [3.63, 3.8) is 0 Å². The molecule has 0 atom stereocenters. The maximum atomic E-state index is 10.2. The lowest BCUT2D eigenvalue weighted by Crippen LogP contribution is -2.06.